The van der Waals surface area contributed by atoms with Crippen molar-refractivity contribution in [2.45, 2.75) is 0 Å². The van der Waals surface area contributed by atoms with Gasteiger partial charge in [-0.05, 0) is 68.9 Å². The lowest BCUT2D eigenvalue weighted by Gasteiger charge is -2.07. The van der Waals surface area contributed by atoms with Crippen LogP contribution in [0.25, 0.3) is 0 Å². The fraction of sp³-hybridized carbons (Fsp3) is 0. The Labute approximate surface area is 131 Å². The summed E-state index contributed by atoms with van der Waals surface area (Å²) in [6.07, 6.45) is 1.57. The van der Waals surface area contributed by atoms with E-state index in [1.807, 2.05) is 12.1 Å². The third-order valence-electron chi connectivity index (χ3n) is 2.16. The maximum absolute atomic E-state index is 12.1. The van der Waals surface area contributed by atoms with Gasteiger partial charge < -0.3 is 5.32 Å². The van der Waals surface area contributed by atoms with Crippen molar-refractivity contribution in [3.05, 3.63) is 55.2 Å². The summed E-state index contributed by atoms with van der Waals surface area (Å²) in [5, 5.41) is 3.09. The van der Waals surface area contributed by atoms with Crippen LogP contribution in [0, 0.1) is 3.57 Å². The summed E-state index contributed by atoms with van der Waals surface area (Å²) >= 11 is 11.4. The van der Waals surface area contributed by atoms with E-state index in [2.05, 4.69) is 48.8 Å². The van der Waals surface area contributed by atoms with Crippen LogP contribution in [0.4, 0.5) is 5.82 Å². The molecule has 0 bridgehead atoms. The van der Waals surface area contributed by atoms with Gasteiger partial charge in [0.1, 0.15) is 0 Å². The summed E-state index contributed by atoms with van der Waals surface area (Å²) in [6.45, 7) is 0. The molecule has 92 valence electrons. The number of rotatable bonds is 2. The standard InChI is InChI=1S/C12H7BrClIN2O/c13-9-4-3-7(15)6-8(9)12(18)17-11-10(14)2-1-5-16-11/h1-6H,(H,16,17,18). The van der Waals surface area contributed by atoms with Gasteiger partial charge in [0, 0.05) is 14.2 Å². The summed E-state index contributed by atoms with van der Waals surface area (Å²) in [4.78, 5) is 16.1. The number of carbonyl (C=O) groups is 1. The molecule has 1 aromatic heterocycles. The first kappa shape index (κ1) is 13.8. The van der Waals surface area contributed by atoms with Crippen molar-refractivity contribution in [2.75, 3.05) is 5.32 Å². The molecule has 0 aliphatic rings. The number of benzene rings is 1. The van der Waals surface area contributed by atoms with E-state index in [0.29, 0.717) is 16.4 Å². The smallest absolute Gasteiger partial charge is 0.258 e. The van der Waals surface area contributed by atoms with Crippen LogP contribution in [0.2, 0.25) is 5.02 Å². The molecule has 3 nitrogen and oxygen atoms in total. The summed E-state index contributed by atoms with van der Waals surface area (Å²) in [5.74, 6) is 0.107. The summed E-state index contributed by atoms with van der Waals surface area (Å²) < 4.78 is 1.71. The van der Waals surface area contributed by atoms with Crippen molar-refractivity contribution in [3.63, 3.8) is 0 Å². The second-order valence-electron chi connectivity index (χ2n) is 3.41. The summed E-state index contributed by atoms with van der Waals surface area (Å²) in [6, 6.07) is 8.91. The molecule has 0 unspecified atom stereocenters. The Morgan fingerprint density at radius 1 is 1.39 bits per heavy atom. The van der Waals surface area contributed by atoms with Crippen LogP contribution >= 0.6 is 50.1 Å². The van der Waals surface area contributed by atoms with Gasteiger partial charge in [-0.25, -0.2) is 4.98 Å². The van der Waals surface area contributed by atoms with E-state index in [-0.39, 0.29) is 5.91 Å². The number of anilines is 1. The molecule has 1 amide bonds. The molecule has 0 radical (unpaired) electrons. The maximum atomic E-state index is 12.1. The topological polar surface area (TPSA) is 42.0 Å². The van der Waals surface area contributed by atoms with E-state index in [9.17, 15) is 4.79 Å². The van der Waals surface area contributed by atoms with Crippen LogP contribution in [-0.4, -0.2) is 10.9 Å². The second-order valence-corrected chi connectivity index (χ2v) is 5.92. The van der Waals surface area contributed by atoms with Crippen LogP contribution < -0.4 is 5.32 Å². The van der Waals surface area contributed by atoms with Crippen LogP contribution in [0.3, 0.4) is 0 Å². The molecule has 1 heterocycles. The lowest BCUT2D eigenvalue weighted by Crippen LogP contribution is -2.14. The predicted molar refractivity (Wildman–Crippen MR) is 84.1 cm³/mol. The number of hydrogen-bond acceptors (Lipinski definition) is 2. The molecule has 6 heteroatoms. The zero-order valence-corrected chi connectivity index (χ0v) is 13.5. The number of carbonyl (C=O) groups excluding carboxylic acids is 1. The number of nitrogens with one attached hydrogen (secondary N) is 1. The molecule has 1 aromatic carbocycles. The number of amides is 1. The van der Waals surface area contributed by atoms with Gasteiger partial charge in [-0.15, -0.1) is 0 Å². The summed E-state index contributed by atoms with van der Waals surface area (Å²) in [7, 11) is 0. The lowest BCUT2D eigenvalue weighted by molar-refractivity contribution is 0.102. The van der Waals surface area contributed by atoms with E-state index >= 15 is 0 Å². The number of halogens is 3. The molecule has 2 aromatic rings. The third kappa shape index (κ3) is 3.21. The van der Waals surface area contributed by atoms with Crippen molar-refractivity contribution in [3.8, 4) is 0 Å². The zero-order valence-electron chi connectivity index (χ0n) is 8.95. The van der Waals surface area contributed by atoms with Gasteiger partial charge >= 0.3 is 0 Å². The van der Waals surface area contributed by atoms with Gasteiger partial charge in [-0.2, -0.15) is 0 Å². The number of aromatic nitrogens is 1. The Hall–Kier alpha value is -0.660. The highest BCUT2D eigenvalue weighted by Crippen LogP contribution is 2.22. The van der Waals surface area contributed by atoms with E-state index in [4.69, 9.17) is 11.6 Å². The van der Waals surface area contributed by atoms with Crippen molar-refractivity contribution in [1.29, 1.82) is 0 Å². The van der Waals surface area contributed by atoms with Crippen molar-refractivity contribution < 1.29 is 4.79 Å². The molecular formula is C12H7BrClIN2O. The maximum Gasteiger partial charge on any atom is 0.258 e. The molecule has 0 aliphatic carbocycles. The van der Waals surface area contributed by atoms with Gasteiger partial charge in [-0.3, -0.25) is 4.79 Å². The quantitative estimate of drug-likeness (QED) is 0.710. The summed E-state index contributed by atoms with van der Waals surface area (Å²) in [5.41, 5.74) is 0.545. The minimum atomic E-state index is -0.249. The average molecular weight is 437 g/mol. The molecule has 0 atom stereocenters. The van der Waals surface area contributed by atoms with Gasteiger partial charge in [-0.1, -0.05) is 11.6 Å². The normalized spacial score (nSPS) is 10.2. The van der Waals surface area contributed by atoms with Crippen LogP contribution in [0.1, 0.15) is 10.4 Å². The van der Waals surface area contributed by atoms with E-state index < -0.39 is 0 Å². The second kappa shape index (κ2) is 5.99. The molecule has 0 aliphatic heterocycles. The molecule has 0 spiro atoms. The number of nitrogens with zero attached hydrogens (tertiary/aromatic N) is 1. The van der Waals surface area contributed by atoms with E-state index in [1.54, 1.807) is 24.4 Å². The number of hydrogen-bond donors (Lipinski definition) is 1. The van der Waals surface area contributed by atoms with Crippen molar-refractivity contribution >= 4 is 61.8 Å². The monoisotopic (exact) mass is 436 g/mol. The fourth-order valence-electron chi connectivity index (χ4n) is 1.32. The van der Waals surface area contributed by atoms with Gasteiger partial charge in [0.05, 0.1) is 10.6 Å². The third-order valence-corrected chi connectivity index (χ3v) is 3.83. The Morgan fingerprint density at radius 3 is 2.89 bits per heavy atom. The largest absolute Gasteiger partial charge is 0.305 e. The molecular weight excluding hydrogens is 430 g/mol. The highest BCUT2D eigenvalue weighted by Gasteiger charge is 2.12. The van der Waals surface area contributed by atoms with Crippen molar-refractivity contribution in [1.82, 2.24) is 4.98 Å². The Balaban J connectivity index is 2.28. The van der Waals surface area contributed by atoms with Crippen LogP contribution in [0.5, 0.6) is 0 Å². The predicted octanol–water partition coefficient (Wildman–Crippen LogP) is 4.35. The van der Waals surface area contributed by atoms with Crippen molar-refractivity contribution in [2.24, 2.45) is 0 Å². The molecule has 18 heavy (non-hydrogen) atoms. The molecule has 0 saturated carbocycles. The minimum Gasteiger partial charge on any atom is -0.305 e. The van der Waals surface area contributed by atoms with Gasteiger partial charge in [0.2, 0.25) is 0 Å². The van der Waals surface area contributed by atoms with Crippen LogP contribution in [0.15, 0.2) is 41.0 Å². The average Bonchev–Trinajstić information content (AvgIpc) is 2.35. The van der Waals surface area contributed by atoms with Gasteiger partial charge in [0.25, 0.3) is 5.91 Å². The molecule has 0 fully saturated rings. The Kier molecular flexibility index (Phi) is 4.58. The first-order chi connectivity index (χ1) is 8.58. The molecule has 2 rings (SSSR count). The fourth-order valence-corrected chi connectivity index (χ4v) is 2.41. The SMILES string of the molecule is O=C(Nc1ncccc1Cl)c1cc(I)ccc1Br. The highest BCUT2D eigenvalue weighted by atomic mass is 127. The zero-order chi connectivity index (χ0) is 13.1. The molecule has 0 saturated heterocycles. The Bertz CT molecular complexity index is 606. The highest BCUT2D eigenvalue weighted by molar-refractivity contribution is 14.1. The lowest BCUT2D eigenvalue weighted by atomic mass is 10.2. The first-order valence-corrected chi connectivity index (χ1v) is 7.20. The number of pyridine rings is 1. The van der Waals surface area contributed by atoms with Gasteiger partial charge in [0.15, 0.2) is 5.82 Å². The van der Waals surface area contributed by atoms with Crippen LogP contribution in [-0.2, 0) is 0 Å². The van der Waals surface area contributed by atoms with E-state index in [0.717, 1.165) is 8.04 Å². The minimum absolute atomic E-state index is 0.249. The van der Waals surface area contributed by atoms with E-state index in [1.165, 1.54) is 0 Å². The molecule has 1 N–H and O–H groups in total. The first-order valence-electron chi connectivity index (χ1n) is 4.95. The Morgan fingerprint density at radius 2 is 2.17 bits per heavy atom.